The van der Waals surface area contributed by atoms with Crippen molar-refractivity contribution in [2.75, 3.05) is 25.1 Å². The molecule has 0 saturated heterocycles. The fraction of sp³-hybridized carbons (Fsp3) is 0.310. The minimum atomic E-state index is -0.505. The third kappa shape index (κ3) is 5.79. The highest BCUT2D eigenvalue weighted by Crippen LogP contribution is 2.27. The summed E-state index contributed by atoms with van der Waals surface area (Å²) in [7, 11) is 1.28. The van der Waals surface area contributed by atoms with Crippen molar-refractivity contribution in [3.8, 4) is 0 Å². The van der Waals surface area contributed by atoms with Gasteiger partial charge in [0, 0.05) is 43.2 Å². The van der Waals surface area contributed by atoms with Gasteiger partial charge in [0.2, 0.25) is 0 Å². The standard InChI is InChI=1S/C29H31N3O4/c1-19(2)21-7-4-6-20(12-21)13-27(33)22-8-5-9-24(14-22)32-11-10-25-23(18-32)15-30-16-26(25)29(35)31-17-28(34)36-3/h4-9,12,14-16,19H,10-11,13,17-18H2,1-3H3,(H,31,35). The Morgan fingerprint density at radius 1 is 1.08 bits per heavy atom. The van der Waals surface area contributed by atoms with E-state index in [0.29, 0.717) is 43.0 Å². The minimum absolute atomic E-state index is 0.0846. The first-order chi connectivity index (χ1) is 17.4. The molecule has 0 saturated carbocycles. The van der Waals surface area contributed by atoms with Crippen molar-refractivity contribution in [3.05, 3.63) is 94.3 Å². The summed E-state index contributed by atoms with van der Waals surface area (Å²) in [6.45, 7) is 5.38. The van der Waals surface area contributed by atoms with Crippen LogP contribution in [0.5, 0.6) is 0 Å². The lowest BCUT2D eigenvalue weighted by Gasteiger charge is -2.31. The van der Waals surface area contributed by atoms with Crippen LogP contribution in [0.25, 0.3) is 0 Å². The van der Waals surface area contributed by atoms with Crippen LogP contribution < -0.4 is 10.2 Å². The number of ether oxygens (including phenoxy) is 1. The number of rotatable bonds is 8. The summed E-state index contributed by atoms with van der Waals surface area (Å²) in [6.07, 6.45) is 4.32. The normalized spacial score (nSPS) is 12.7. The van der Waals surface area contributed by atoms with Gasteiger partial charge in [0.05, 0.1) is 12.7 Å². The smallest absolute Gasteiger partial charge is 0.325 e. The van der Waals surface area contributed by atoms with E-state index in [9.17, 15) is 14.4 Å². The van der Waals surface area contributed by atoms with Crippen molar-refractivity contribution >= 4 is 23.3 Å². The number of carbonyl (C=O) groups excluding carboxylic acids is 3. The van der Waals surface area contributed by atoms with Gasteiger partial charge in [-0.05, 0) is 46.7 Å². The van der Waals surface area contributed by atoms with Crippen LogP contribution in [0.2, 0.25) is 0 Å². The largest absolute Gasteiger partial charge is 0.468 e. The van der Waals surface area contributed by atoms with Crippen LogP contribution in [0.15, 0.2) is 60.9 Å². The summed E-state index contributed by atoms with van der Waals surface area (Å²) in [6, 6.07) is 15.9. The van der Waals surface area contributed by atoms with Gasteiger partial charge in [-0.1, -0.05) is 50.2 Å². The molecule has 36 heavy (non-hydrogen) atoms. The van der Waals surface area contributed by atoms with Gasteiger partial charge in [0.25, 0.3) is 5.91 Å². The first kappa shape index (κ1) is 25.1. The quantitative estimate of drug-likeness (QED) is 0.382. The number of pyridine rings is 1. The molecule has 7 heteroatoms. The lowest BCUT2D eigenvalue weighted by atomic mass is 9.95. The Kier molecular flexibility index (Phi) is 7.78. The van der Waals surface area contributed by atoms with E-state index in [2.05, 4.69) is 45.9 Å². The second kappa shape index (κ2) is 11.2. The first-order valence-electron chi connectivity index (χ1n) is 12.1. The van der Waals surface area contributed by atoms with Crippen molar-refractivity contribution in [1.29, 1.82) is 0 Å². The maximum atomic E-state index is 13.1. The van der Waals surface area contributed by atoms with E-state index in [0.717, 1.165) is 22.4 Å². The minimum Gasteiger partial charge on any atom is -0.468 e. The Morgan fingerprint density at radius 2 is 1.89 bits per heavy atom. The van der Waals surface area contributed by atoms with Crippen LogP contribution in [-0.4, -0.2) is 42.8 Å². The molecule has 1 amide bonds. The Hall–Kier alpha value is -4.00. The number of carbonyl (C=O) groups is 3. The zero-order valence-electron chi connectivity index (χ0n) is 20.9. The second-order valence-electron chi connectivity index (χ2n) is 9.31. The number of benzene rings is 2. The van der Waals surface area contributed by atoms with Gasteiger partial charge in [-0.3, -0.25) is 19.4 Å². The highest BCUT2D eigenvalue weighted by molar-refractivity contribution is 5.98. The molecule has 3 aromatic rings. The number of hydrogen-bond acceptors (Lipinski definition) is 6. The van der Waals surface area contributed by atoms with Gasteiger partial charge in [0.15, 0.2) is 5.78 Å². The van der Waals surface area contributed by atoms with Crippen molar-refractivity contribution in [2.24, 2.45) is 0 Å². The van der Waals surface area contributed by atoms with Crippen LogP contribution in [0.4, 0.5) is 5.69 Å². The highest BCUT2D eigenvalue weighted by Gasteiger charge is 2.23. The summed E-state index contributed by atoms with van der Waals surface area (Å²) in [4.78, 5) is 43.5. The molecule has 0 bridgehead atoms. The number of methoxy groups -OCH3 is 1. The summed E-state index contributed by atoms with van der Waals surface area (Å²) < 4.78 is 4.59. The highest BCUT2D eigenvalue weighted by atomic mass is 16.5. The van der Waals surface area contributed by atoms with Crippen molar-refractivity contribution < 1.29 is 19.1 Å². The maximum Gasteiger partial charge on any atom is 0.325 e. The van der Waals surface area contributed by atoms with Crippen LogP contribution >= 0.6 is 0 Å². The third-order valence-corrected chi connectivity index (χ3v) is 6.52. The number of nitrogens with zero attached hydrogens (tertiary/aromatic N) is 2. The number of aromatic nitrogens is 1. The Labute approximate surface area is 211 Å². The predicted octanol–water partition coefficient (Wildman–Crippen LogP) is 4.10. The van der Waals surface area contributed by atoms with Crippen LogP contribution in [0.3, 0.4) is 0 Å². The molecular formula is C29H31N3O4. The molecule has 0 radical (unpaired) electrons. The van der Waals surface area contributed by atoms with E-state index in [4.69, 9.17) is 0 Å². The van der Waals surface area contributed by atoms with Crippen molar-refractivity contribution in [1.82, 2.24) is 10.3 Å². The number of anilines is 1. The first-order valence-corrected chi connectivity index (χ1v) is 12.1. The number of amides is 1. The van der Waals surface area contributed by atoms with Crippen LogP contribution in [-0.2, 0) is 28.9 Å². The van der Waals surface area contributed by atoms with Gasteiger partial charge < -0.3 is 15.0 Å². The van der Waals surface area contributed by atoms with E-state index < -0.39 is 5.97 Å². The summed E-state index contributed by atoms with van der Waals surface area (Å²) in [5.74, 6) is -0.345. The SMILES string of the molecule is COC(=O)CNC(=O)c1cncc2c1CCN(c1cccc(C(=O)Cc3cccc(C(C)C)c3)c1)C2. The molecule has 1 aliphatic rings. The summed E-state index contributed by atoms with van der Waals surface area (Å²) in [5, 5.41) is 2.59. The molecule has 1 aliphatic heterocycles. The van der Waals surface area contributed by atoms with Crippen LogP contribution in [0, 0.1) is 0 Å². The average molecular weight is 486 g/mol. The van der Waals surface area contributed by atoms with E-state index in [-0.39, 0.29) is 18.2 Å². The molecule has 0 atom stereocenters. The van der Waals surface area contributed by atoms with Crippen molar-refractivity contribution in [3.63, 3.8) is 0 Å². The van der Waals surface area contributed by atoms with Gasteiger partial charge in [-0.2, -0.15) is 0 Å². The number of nitrogens with one attached hydrogen (secondary N) is 1. The Balaban J connectivity index is 1.47. The number of esters is 1. The molecule has 1 N–H and O–H groups in total. The van der Waals surface area contributed by atoms with Crippen LogP contribution in [0.1, 0.15) is 62.7 Å². The molecule has 0 spiro atoms. The Bertz CT molecular complexity index is 1290. The molecule has 0 unspecified atom stereocenters. The topological polar surface area (TPSA) is 88.6 Å². The summed E-state index contributed by atoms with van der Waals surface area (Å²) >= 11 is 0. The van der Waals surface area contributed by atoms with E-state index >= 15 is 0 Å². The number of hydrogen-bond donors (Lipinski definition) is 1. The average Bonchev–Trinajstić information content (AvgIpc) is 2.91. The Morgan fingerprint density at radius 3 is 2.67 bits per heavy atom. The maximum absolute atomic E-state index is 13.1. The van der Waals surface area contributed by atoms with Crippen molar-refractivity contribution in [2.45, 2.75) is 39.2 Å². The molecule has 0 aliphatic carbocycles. The lowest BCUT2D eigenvalue weighted by molar-refractivity contribution is -0.139. The van der Waals surface area contributed by atoms with Gasteiger partial charge >= 0.3 is 5.97 Å². The molecule has 2 heterocycles. The molecule has 4 rings (SSSR count). The lowest BCUT2D eigenvalue weighted by Crippen LogP contribution is -2.35. The number of fused-ring (bicyclic) bond motifs is 1. The molecule has 7 nitrogen and oxygen atoms in total. The molecule has 0 fully saturated rings. The van der Waals surface area contributed by atoms with Gasteiger partial charge in [0.1, 0.15) is 6.54 Å². The number of Topliss-reactive ketones (excluding diaryl/α,β-unsaturated/α-hetero) is 1. The van der Waals surface area contributed by atoms with E-state index in [1.54, 1.807) is 6.20 Å². The second-order valence-corrected chi connectivity index (χ2v) is 9.31. The molecule has 1 aromatic heterocycles. The fourth-order valence-electron chi connectivity index (χ4n) is 4.46. The molecular weight excluding hydrogens is 454 g/mol. The molecule has 186 valence electrons. The fourth-order valence-corrected chi connectivity index (χ4v) is 4.46. The number of ketones is 1. The van der Waals surface area contributed by atoms with Gasteiger partial charge in [-0.25, -0.2) is 0 Å². The van der Waals surface area contributed by atoms with Gasteiger partial charge in [-0.15, -0.1) is 0 Å². The summed E-state index contributed by atoms with van der Waals surface area (Å²) in [5.41, 5.74) is 6.25. The molecule has 2 aromatic carbocycles. The van der Waals surface area contributed by atoms with E-state index in [1.165, 1.54) is 18.9 Å². The monoisotopic (exact) mass is 485 g/mol. The van der Waals surface area contributed by atoms with E-state index in [1.807, 2.05) is 36.4 Å². The zero-order chi connectivity index (χ0) is 25.7. The zero-order valence-corrected chi connectivity index (χ0v) is 20.9. The third-order valence-electron chi connectivity index (χ3n) is 6.52. The predicted molar refractivity (Wildman–Crippen MR) is 138 cm³/mol.